The zero-order valence-corrected chi connectivity index (χ0v) is 17.3. The second kappa shape index (κ2) is 12.4. The van der Waals surface area contributed by atoms with E-state index in [9.17, 15) is 0 Å². The molecule has 0 saturated carbocycles. The number of piperidine rings is 1. The van der Waals surface area contributed by atoms with Gasteiger partial charge in [0.25, 0.3) is 0 Å². The van der Waals surface area contributed by atoms with Crippen molar-refractivity contribution in [2.24, 2.45) is 0 Å². The van der Waals surface area contributed by atoms with E-state index in [0.29, 0.717) is 0 Å². The number of nitrogens with zero attached hydrogens (tertiary/aromatic N) is 2. The Bertz CT molecular complexity index is 490. The van der Waals surface area contributed by atoms with Crippen molar-refractivity contribution in [2.75, 3.05) is 39.3 Å². The molecule has 3 nitrogen and oxygen atoms in total. The molecule has 2 heterocycles. The van der Waals surface area contributed by atoms with Gasteiger partial charge in [0, 0.05) is 6.54 Å². The smallest absolute Gasteiger partial charge is 0.119 e. The molecule has 3 heteroatoms. The van der Waals surface area contributed by atoms with Crippen LogP contribution in [0, 0.1) is 0 Å². The maximum Gasteiger partial charge on any atom is 0.119 e. The van der Waals surface area contributed by atoms with Gasteiger partial charge in [0.1, 0.15) is 5.75 Å². The third-order valence-corrected chi connectivity index (χ3v) is 6.11. The van der Waals surface area contributed by atoms with Crippen LogP contribution in [0.5, 0.6) is 5.75 Å². The van der Waals surface area contributed by atoms with Crippen LogP contribution in [0.2, 0.25) is 0 Å². The minimum atomic E-state index is 0.860. The molecule has 1 aromatic rings. The standard InChI is InChI=1S/C24H40N2O/c1(3-6-16-25-17-7-5-8-18-25)2-4-11-21-27-24-14-12-23(13-15-24)22-26-19-9-10-20-26/h12-15H,1-11,16-22H2. The first-order valence-electron chi connectivity index (χ1n) is 11.6. The fourth-order valence-electron chi connectivity index (χ4n) is 4.41. The van der Waals surface area contributed by atoms with Crippen LogP contribution < -0.4 is 4.74 Å². The molecule has 0 bridgehead atoms. The number of rotatable bonds is 12. The number of likely N-dealkylation sites (tertiary alicyclic amines) is 2. The van der Waals surface area contributed by atoms with E-state index in [1.54, 1.807) is 0 Å². The van der Waals surface area contributed by atoms with Gasteiger partial charge in [0.2, 0.25) is 0 Å². The van der Waals surface area contributed by atoms with Crippen LogP contribution in [0.1, 0.15) is 76.2 Å². The van der Waals surface area contributed by atoms with E-state index in [4.69, 9.17) is 4.74 Å². The van der Waals surface area contributed by atoms with Crippen molar-refractivity contribution in [3.05, 3.63) is 29.8 Å². The van der Waals surface area contributed by atoms with Crippen LogP contribution in [0.15, 0.2) is 24.3 Å². The Hall–Kier alpha value is -1.06. The molecule has 2 aliphatic rings. The van der Waals surface area contributed by atoms with Crippen molar-refractivity contribution in [1.82, 2.24) is 9.80 Å². The Morgan fingerprint density at radius 3 is 1.96 bits per heavy atom. The number of hydrogen-bond acceptors (Lipinski definition) is 3. The van der Waals surface area contributed by atoms with E-state index in [1.165, 1.54) is 109 Å². The highest BCUT2D eigenvalue weighted by molar-refractivity contribution is 5.27. The lowest BCUT2D eigenvalue weighted by atomic mass is 10.1. The molecule has 0 N–H and O–H groups in total. The Kier molecular flexibility index (Phi) is 9.50. The van der Waals surface area contributed by atoms with Crippen molar-refractivity contribution in [3.8, 4) is 5.75 Å². The van der Waals surface area contributed by atoms with Crippen LogP contribution in [-0.4, -0.2) is 49.1 Å². The predicted molar refractivity (Wildman–Crippen MR) is 114 cm³/mol. The summed E-state index contributed by atoms with van der Waals surface area (Å²) < 4.78 is 5.92. The highest BCUT2D eigenvalue weighted by Crippen LogP contribution is 2.17. The van der Waals surface area contributed by atoms with E-state index in [0.717, 1.165) is 18.9 Å². The second-order valence-electron chi connectivity index (χ2n) is 8.50. The third-order valence-electron chi connectivity index (χ3n) is 6.11. The van der Waals surface area contributed by atoms with Gasteiger partial charge in [-0.05, 0) is 88.9 Å². The maximum atomic E-state index is 5.92. The minimum Gasteiger partial charge on any atom is -0.494 e. The lowest BCUT2D eigenvalue weighted by molar-refractivity contribution is 0.224. The van der Waals surface area contributed by atoms with Gasteiger partial charge in [-0.3, -0.25) is 4.90 Å². The Balaban J connectivity index is 1.15. The first-order chi connectivity index (χ1) is 13.4. The summed E-state index contributed by atoms with van der Waals surface area (Å²) in [5, 5.41) is 0. The molecular weight excluding hydrogens is 332 g/mol. The minimum absolute atomic E-state index is 0.860. The highest BCUT2D eigenvalue weighted by atomic mass is 16.5. The van der Waals surface area contributed by atoms with Gasteiger partial charge in [-0.25, -0.2) is 0 Å². The van der Waals surface area contributed by atoms with E-state index < -0.39 is 0 Å². The molecule has 0 aromatic heterocycles. The summed E-state index contributed by atoms with van der Waals surface area (Å²) in [7, 11) is 0. The molecule has 2 fully saturated rings. The molecule has 2 saturated heterocycles. The van der Waals surface area contributed by atoms with Crippen LogP contribution >= 0.6 is 0 Å². The van der Waals surface area contributed by atoms with Crippen molar-refractivity contribution >= 4 is 0 Å². The molecule has 0 amide bonds. The molecule has 27 heavy (non-hydrogen) atoms. The first-order valence-corrected chi connectivity index (χ1v) is 11.6. The van der Waals surface area contributed by atoms with Gasteiger partial charge in [-0.1, -0.05) is 44.2 Å². The summed E-state index contributed by atoms with van der Waals surface area (Å²) >= 11 is 0. The third kappa shape index (κ3) is 8.23. The fraction of sp³-hybridized carbons (Fsp3) is 0.750. The Labute approximate surface area is 167 Å². The Morgan fingerprint density at radius 1 is 0.630 bits per heavy atom. The molecule has 0 unspecified atom stereocenters. The number of benzene rings is 1. The summed E-state index contributed by atoms with van der Waals surface area (Å²) in [6.07, 6.45) is 15.0. The van der Waals surface area contributed by atoms with Crippen molar-refractivity contribution in [2.45, 2.75) is 77.2 Å². The van der Waals surface area contributed by atoms with Crippen LogP contribution in [-0.2, 0) is 6.54 Å². The average molecular weight is 373 g/mol. The quantitative estimate of drug-likeness (QED) is 0.451. The van der Waals surface area contributed by atoms with E-state index >= 15 is 0 Å². The largest absolute Gasteiger partial charge is 0.494 e. The average Bonchev–Trinajstić information content (AvgIpc) is 3.22. The Morgan fingerprint density at radius 2 is 1.22 bits per heavy atom. The molecule has 1 aromatic carbocycles. The summed E-state index contributed by atoms with van der Waals surface area (Å²) in [5.74, 6) is 1.03. The van der Waals surface area contributed by atoms with Crippen molar-refractivity contribution < 1.29 is 4.74 Å². The van der Waals surface area contributed by atoms with Gasteiger partial charge >= 0.3 is 0 Å². The van der Waals surface area contributed by atoms with Gasteiger partial charge in [0.15, 0.2) is 0 Å². The summed E-state index contributed by atoms with van der Waals surface area (Å²) in [5.41, 5.74) is 1.41. The van der Waals surface area contributed by atoms with Gasteiger partial charge < -0.3 is 9.64 Å². The molecular formula is C24H40N2O. The van der Waals surface area contributed by atoms with E-state index in [2.05, 4.69) is 34.1 Å². The van der Waals surface area contributed by atoms with Crippen LogP contribution in [0.3, 0.4) is 0 Å². The zero-order chi connectivity index (χ0) is 18.6. The number of ether oxygens (including phenoxy) is 1. The monoisotopic (exact) mass is 372 g/mol. The highest BCUT2D eigenvalue weighted by Gasteiger charge is 2.11. The lowest BCUT2D eigenvalue weighted by Gasteiger charge is -2.26. The zero-order valence-electron chi connectivity index (χ0n) is 17.3. The molecule has 0 aliphatic carbocycles. The van der Waals surface area contributed by atoms with Gasteiger partial charge in [0.05, 0.1) is 6.61 Å². The molecule has 3 rings (SSSR count). The maximum absolute atomic E-state index is 5.92. The SMILES string of the molecule is c1cc(OCCCCCCCCN2CCCCC2)ccc1CN1CCCC1. The second-order valence-corrected chi connectivity index (χ2v) is 8.50. The molecule has 0 radical (unpaired) electrons. The van der Waals surface area contributed by atoms with Crippen molar-refractivity contribution in [1.29, 1.82) is 0 Å². The van der Waals surface area contributed by atoms with E-state index in [-0.39, 0.29) is 0 Å². The fourth-order valence-corrected chi connectivity index (χ4v) is 4.41. The van der Waals surface area contributed by atoms with Gasteiger partial charge in [-0.2, -0.15) is 0 Å². The van der Waals surface area contributed by atoms with Crippen LogP contribution in [0.25, 0.3) is 0 Å². The lowest BCUT2D eigenvalue weighted by Crippen LogP contribution is -2.30. The first kappa shape index (κ1) is 20.7. The molecule has 152 valence electrons. The van der Waals surface area contributed by atoms with E-state index in [1.807, 2.05) is 0 Å². The molecule has 0 atom stereocenters. The normalized spacial score (nSPS) is 18.8. The summed E-state index contributed by atoms with van der Waals surface area (Å²) in [6.45, 7) is 8.49. The number of hydrogen-bond donors (Lipinski definition) is 0. The van der Waals surface area contributed by atoms with Gasteiger partial charge in [-0.15, -0.1) is 0 Å². The summed E-state index contributed by atoms with van der Waals surface area (Å²) in [4.78, 5) is 5.20. The van der Waals surface area contributed by atoms with Crippen LogP contribution in [0.4, 0.5) is 0 Å². The summed E-state index contributed by atoms with van der Waals surface area (Å²) in [6, 6.07) is 8.75. The molecule has 0 spiro atoms. The number of unbranched alkanes of at least 4 members (excludes halogenated alkanes) is 5. The topological polar surface area (TPSA) is 15.7 Å². The molecule has 2 aliphatic heterocycles. The predicted octanol–water partition coefficient (Wildman–Crippen LogP) is 5.49. The van der Waals surface area contributed by atoms with Crippen molar-refractivity contribution in [3.63, 3.8) is 0 Å².